The molecular formula is C28H31NO3. The quantitative estimate of drug-likeness (QED) is 0.432. The van der Waals surface area contributed by atoms with Gasteiger partial charge in [0.2, 0.25) is 0 Å². The molecule has 0 spiro atoms. The van der Waals surface area contributed by atoms with Crippen LogP contribution in [0, 0.1) is 0 Å². The topological polar surface area (TPSA) is 58.6 Å². The molecule has 0 amide bonds. The van der Waals surface area contributed by atoms with E-state index >= 15 is 0 Å². The highest BCUT2D eigenvalue weighted by Crippen LogP contribution is 2.37. The molecule has 0 aromatic heterocycles. The number of rotatable bonds is 9. The molecule has 3 aromatic rings. The molecule has 32 heavy (non-hydrogen) atoms. The number of carboxylic acids is 1. The van der Waals surface area contributed by atoms with E-state index in [1.54, 1.807) is 7.11 Å². The largest absolute Gasteiger partial charge is 0.497 e. The van der Waals surface area contributed by atoms with Crippen LogP contribution in [0.25, 0.3) is 0 Å². The number of hydrogen-bond acceptors (Lipinski definition) is 3. The second kappa shape index (κ2) is 10.4. The third-order valence-corrected chi connectivity index (χ3v) is 6.38. The maximum atomic E-state index is 10.8. The minimum Gasteiger partial charge on any atom is -0.497 e. The molecule has 0 unspecified atom stereocenters. The molecule has 0 aliphatic heterocycles. The zero-order chi connectivity index (χ0) is 22.3. The molecule has 1 aliphatic rings. The summed E-state index contributed by atoms with van der Waals surface area (Å²) in [5.74, 6) is 0.596. The van der Waals surface area contributed by atoms with Crippen LogP contribution >= 0.6 is 0 Å². The minimum atomic E-state index is -0.794. The highest BCUT2D eigenvalue weighted by molar-refractivity contribution is 5.70. The predicted octanol–water partition coefficient (Wildman–Crippen LogP) is 5.64. The van der Waals surface area contributed by atoms with Gasteiger partial charge < -0.3 is 15.2 Å². The zero-order valence-electron chi connectivity index (χ0n) is 18.6. The van der Waals surface area contributed by atoms with Crippen molar-refractivity contribution in [3.05, 3.63) is 94.5 Å². The third kappa shape index (κ3) is 5.50. The fraction of sp³-hybridized carbons (Fsp3) is 0.321. The Morgan fingerprint density at radius 2 is 1.78 bits per heavy atom. The van der Waals surface area contributed by atoms with E-state index in [0.717, 1.165) is 43.5 Å². The highest BCUT2D eigenvalue weighted by Gasteiger charge is 2.22. The molecule has 4 nitrogen and oxygen atoms in total. The van der Waals surface area contributed by atoms with Crippen LogP contribution in [0.3, 0.4) is 0 Å². The van der Waals surface area contributed by atoms with Crippen molar-refractivity contribution in [3.8, 4) is 5.75 Å². The van der Waals surface area contributed by atoms with Crippen LogP contribution in [0.5, 0.6) is 5.75 Å². The molecule has 0 radical (unpaired) electrons. The first-order valence-corrected chi connectivity index (χ1v) is 11.4. The number of carbonyl (C=O) groups is 1. The van der Waals surface area contributed by atoms with Crippen LogP contribution < -0.4 is 10.1 Å². The van der Waals surface area contributed by atoms with Crippen molar-refractivity contribution >= 4 is 11.7 Å². The number of hydrogen-bond donors (Lipinski definition) is 2. The highest BCUT2D eigenvalue weighted by atomic mass is 16.5. The molecule has 1 aliphatic carbocycles. The number of anilines is 1. The van der Waals surface area contributed by atoms with Gasteiger partial charge >= 0.3 is 5.97 Å². The Morgan fingerprint density at radius 1 is 1.03 bits per heavy atom. The fourth-order valence-electron chi connectivity index (χ4n) is 4.65. The van der Waals surface area contributed by atoms with E-state index in [1.165, 1.54) is 34.4 Å². The van der Waals surface area contributed by atoms with Crippen molar-refractivity contribution in [2.75, 3.05) is 19.0 Å². The monoisotopic (exact) mass is 429 g/mol. The summed E-state index contributed by atoms with van der Waals surface area (Å²) in [4.78, 5) is 10.8. The van der Waals surface area contributed by atoms with Gasteiger partial charge in [-0.2, -0.15) is 0 Å². The molecule has 3 aromatic carbocycles. The third-order valence-electron chi connectivity index (χ3n) is 6.38. The van der Waals surface area contributed by atoms with Crippen LogP contribution in [0.15, 0.2) is 66.7 Å². The summed E-state index contributed by atoms with van der Waals surface area (Å²) < 4.78 is 5.49. The van der Waals surface area contributed by atoms with Crippen molar-refractivity contribution in [2.45, 2.75) is 44.4 Å². The molecule has 1 atom stereocenters. The van der Waals surface area contributed by atoms with Crippen LogP contribution in [0.2, 0.25) is 0 Å². The number of aryl methyl sites for hydroxylation is 2. The van der Waals surface area contributed by atoms with E-state index in [4.69, 9.17) is 9.84 Å². The maximum absolute atomic E-state index is 10.8. The Bertz CT molecular complexity index is 1060. The van der Waals surface area contributed by atoms with Crippen molar-refractivity contribution in [2.24, 2.45) is 0 Å². The standard InChI is InChI=1S/C28H31NO3/c1-32-25-14-15-26(24-13-12-22-6-2-3-7-23(22)18-24)27(19-25)29-16-4-5-20-8-10-21(11-9-20)17-28(30)31/h2-3,6-11,14-15,19,24,29H,4-5,12-13,16-18H2,1H3,(H,30,31)/t24-/m0/s1. The van der Waals surface area contributed by atoms with Gasteiger partial charge in [-0.1, -0.05) is 54.6 Å². The summed E-state index contributed by atoms with van der Waals surface area (Å²) in [6.45, 7) is 0.875. The molecule has 0 bridgehead atoms. The lowest BCUT2D eigenvalue weighted by atomic mass is 9.79. The molecular weight excluding hydrogens is 398 g/mol. The Morgan fingerprint density at radius 3 is 2.53 bits per heavy atom. The first-order valence-electron chi connectivity index (χ1n) is 11.4. The van der Waals surface area contributed by atoms with Crippen LogP contribution in [0.4, 0.5) is 5.69 Å². The van der Waals surface area contributed by atoms with Crippen molar-refractivity contribution in [1.82, 2.24) is 0 Å². The summed E-state index contributed by atoms with van der Waals surface area (Å²) in [5.41, 5.74) is 7.58. The van der Waals surface area contributed by atoms with Gasteiger partial charge in [-0.15, -0.1) is 0 Å². The van der Waals surface area contributed by atoms with Crippen LogP contribution in [-0.2, 0) is 30.5 Å². The van der Waals surface area contributed by atoms with Crippen molar-refractivity contribution in [1.29, 1.82) is 0 Å². The summed E-state index contributed by atoms with van der Waals surface area (Å²) in [6.07, 6.45) is 5.41. The number of methoxy groups -OCH3 is 1. The fourth-order valence-corrected chi connectivity index (χ4v) is 4.65. The molecule has 0 saturated carbocycles. The number of aliphatic carboxylic acids is 1. The number of nitrogens with one attached hydrogen (secondary N) is 1. The summed E-state index contributed by atoms with van der Waals surface area (Å²) in [6, 6.07) is 23.1. The number of ether oxygens (including phenoxy) is 1. The zero-order valence-corrected chi connectivity index (χ0v) is 18.6. The average Bonchev–Trinajstić information content (AvgIpc) is 2.82. The van der Waals surface area contributed by atoms with E-state index in [-0.39, 0.29) is 6.42 Å². The molecule has 4 rings (SSSR count). The van der Waals surface area contributed by atoms with Gasteiger partial charge in [-0.25, -0.2) is 0 Å². The van der Waals surface area contributed by atoms with E-state index in [2.05, 4.69) is 47.8 Å². The van der Waals surface area contributed by atoms with Gasteiger partial charge in [-0.3, -0.25) is 4.79 Å². The lowest BCUT2D eigenvalue weighted by Gasteiger charge is -2.27. The second-order valence-corrected chi connectivity index (χ2v) is 8.58. The summed E-state index contributed by atoms with van der Waals surface area (Å²) >= 11 is 0. The molecule has 0 heterocycles. The second-order valence-electron chi connectivity index (χ2n) is 8.58. The Kier molecular flexibility index (Phi) is 7.10. The Hall–Kier alpha value is -3.27. The minimum absolute atomic E-state index is 0.0755. The van der Waals surface area contributed by atoms with E-state index < -0.39 is 5.97 Å². The van der Waals surface area contributed by atoms with Gasteiger partial charge in [-0.05, 0) is 71.9 Å². The van der Waals surface area contributed by atoms with Crippen LogP contribution in [-0.4, -0.2) is 24.7 Å². The predicted molar refractivity (Wildman–Crippen MR) is 129 cm³/mol. The molecule has 2 N–H and O–H groups in total. The summed E-state index contributed by atoms with van der Waals surface area (Å²) in [5, 5.41) is 12.6. The molecule has 4 heteroatoms. The molecule has 166 valence electrons. The lowest BCUT2D eigenvalue weighted by molar-refractivity contribution is -0.136. The first kappa shape index (κ1) is 21.9. The van der Waals surface area contributed by atoms with Gasteiger partial charge in [0.1, 0.15) is 5.75 Å². The van der Waals surface area contributed by atoms with E-state index in [0.29, 0.717) is 5.92 Å². The van der Waals surface area contributed by atoms with E-state index in [9.17, 15) is 4.79 Å². The van der Waals surface area contributed by atoms with Gasteiger partial charge in [0.25, 0.3) is 0 Å². The van der Waals surface area contributed by atoms with Gasteiger partial charge in [0.15, 0.2) is 0 Å². The normalized spacial score (nSPS) is 15.1. The van der Waals surface area contributed by atoms with Crippen molar-refractivity contribution < 1.29 is 14.6 Å². The van der Waals surface area contributed by atoms with Crippen molar-refractivity contribution in [3.63, 3.8) is 0 Å². The summed E-state index contributed by atoms with van der Waals surface area (Å²) in [7, 11) is 1.71. The van der Waals surface area contributed by atoms with E-state index in [1.807, 2.05) is 24.3 Å². The number of benzene rings is 3. The molecule has 0 saturated heterocycles. The van der Waals surface area contributed by atoms with Crippen LogP contribution in [0.1, 0.15) is 46.6 Å². The van der Waals surface area contributed by atoms with Gasteiger partial charge in [0, 0.05) is 18.3 Å². The Labute approximate surface area is 190 Å². The molecule has 0 fully saturated rings. The number of carboxylic acid groups (broad SMARTS) is 1. The SMILES string of the molecule is COc1ccc([C@H]2CCc3ccccc3C2)c(NCCCc2ccc(CC(=O)O)cc2)c1. The number of fused-ring (bicyclic) bond motifs is 1. The maximum Gasteiger partial charge on any atom is 0.307 e. The first-order chi connectivity index (χ1) is 15.6. The smallest absolute Gasteiger partial charge is 0.307 e. The lowest BCUT2D eigenvalue weighted by Crippen LogP contribution is -2.15. The van der Waals surface area contributed by atoms with Gasteiger partial charge in [0.05, 0.1) is 13.5 Å². The Balaban J connectivity index is 1.38. The average molecular weight is 430 g/mol.